The Kier molecular flexibility index (Phi) is 7.39. The third-order valence-electron chi connectivity index (χ3n) is 5.93. The minimum atomic E-state index is -0.328. The van der Waals surface area contributed by atoms with Crippen LogP contribution in [0.4, 0.5) is 11.6 Å². The predicted molar refractivity (Wildman–Crippen MR) is 129 cm³/mol. The number of aryl methyl sites for hydroxylation is 1. The van der Waals surface area contributed by atoms with Crippen molar-refractivity contribution in [1.29, 1.82) is 0 Å². The number of fused-ring (bicyclic) bond motifs is 1. The molecule has 3 heterocycles. The molecular formula is C24H30N6O4. The number of nitrogens with zero attached hydrogens (tertiary/aromatic N) is 4. The molecule has 0 saturated carbocycles. The SMILES string of the molecule is COCCCn1c(NC(=O)c2cccc(N)c2)nc2cc(C(=O)N3CCC[C@H](OC)C3)cnc21. The second kappa shape index (κ2) is 10.6. The zero-order chi connectivity index (χ0) is 24.1. The van der Waals surface area contributed by atoms with E-state index in [9.17, 15) is 9.59 Å². The number of imidazole rings is 1. The summed E-state index contributed by atoms with van der Waals surface area (Å²) >= 11 is 0. The van der Waals surface area contributed by atoms with Crippen LogP contribution < -0.4 is 11.1 Å². The molecule has 0 radical (unpaired) electrons. The average Bonchev–Trinajstić information content (AvgIpc) is 3.19. The first-order valence-electron chi connectivity index (χ1n) is 11.3. The number of hydrogen-bond acceptors (Lipinski definition) is 7. The first-order chi connectivity index (χ1) is 16.5. The minimum absolute atomic E-state index is 0.0446. The van der Waals surface area contributed by atoms with Gasteiger partial charge in [0.2, 0.25) is 5.95 Å². The summed E-state index contributed by atoms with van der Waals surface area (Å²) in [4.78, 5) is 36.9. The van der Waals surface area contributed by atoms with Gasteiger partial charge in [0.05, 0.1) is 11.7 Å². The fraction of sp³-hybridized carbons (Fsp3) is 0.417. The number of carbonyl (C=O) groups excluding carboxylic acids is 2. The van der Waals surface area contributed by atoms with Crippen LogP contribution in [0, 0.1) is 0 Å². The molecule has 2 aromatic heterocycles. The Hall–Kier alpha value is -3.50. The van der Waals surface area contributed by atoms with Gasteiger partial charge in [0.1, 0.15) is 5.52 Å². The second-order valence-electron chi connectivity index (χ2n) is 8.33. The molecule has 1 aliphatic rings. The fourth-order valence-electron chi connectivity index (χ4n) is 4.15. The highest BCUT2D eigenvalue weighted by Crippen LogP contribution is 2.22. The van der Waals surface area contributed by atoms with Crippen molar-refractivity contribution in [2.45, 2.75) is 31.9 Å². The summed E-state index contributed by atoms with van der Waals surface area (Å²) in [5.41, 5.74) is 8.32. The van der Waals surface area contributed by atoms with Gasteiger partial charge in [-0.3, -0.25) is 19.5 Å². The van der Waals surface area contributed by atoms with Crippen LogP contribution in [0.25, 0.3) is 11.2 Å². The standard InChI is InChI=1S/C24H30N6O4/c1-33-11-5-10-30-21-20(27-24(30)28-22(31)16-6-3-7-18(25)12-16)13-17(14-26-21)23(32)29-9-4-8-19(15-29)34-2/h3,6-7,12-14,19H,4-5,8-11,15,25H2,1-2H3,(H,27,28,31)/t19-/m0/s1. The van der Waals surface area contributed by atoms with Gasteiger partial charge in [-0.1, -0.05) is 6.07 Å². The van der Waals surface area contributed by atoms with E-state index in [4.69, 9.17) is 15.2 Å². The Balaban J connectivity index is 1.62. The van der Waals surface area contributed by atoms with Crippen LogP contribution in [0.15, 0.2) is 36.5 Å². The van der Waals surface area contributed by atoms with Crippen molar-refractivity contribution in [3.63, 3.8) is 0 Å². The Morgan fingerprint density at radius 3 is 2.85 bits per heavy atom. The van der Waals surface area contributed by atoms with E-state index >= 15 is 0 Å². The monoisotopic (exact) mass is 466 g/mol. The lowest BCUT2D eigenvalue weighted by molar-refractivity contribution is 0.0269. The van der Waals surface area contributed by atoms with Gasteiger partial charge in [0, 0.05) is 57.9 Å². The Morgan fingerprint density at radius 1 is 1.24 bits per heavy atom. The van der Waals surface area contributed by atoms with Crippen molar-refractivity contribution in [2.75, 3.05) is 45.0 Å². The van der Waals surface area contributed by atoms with E-state index in [1.54, 1.807) is 55.6 Å². The molecule has 0 unspecified atom stereocenters. The van der Waals surface area contributed by atoms with Crippen LogP contribution in [-0.4, -0.2) is 71.3 Å². The molecule has 1 aromatic carbocycles. The second-order valence-corrected chi connectivity index (χ2v) is 8.33. The number of hydrogen-bond donors (Lipinski definition) is 2. The number of likely N-dealkylation sites (tertiary alicyclic amines) is 1. The van der Waals surface area contributed by atoms with Crippen molar-refractivity contribution in [3.8, 4) is 0 Å². The van der Waals surface area contributed by atoms with Crippen molar-refractivity contribution < 1.29 is 19.1 Å². The van der Waals surface area contributed by atoms with E-state index < -0.39 is 0 Å². The highest BCUT2D eigenvalue weighted by Gasteiger charge is 2.25. The quantitative estimate of drug-likeness (QED) is 0.386. The zero-order valence-corrected chi connectivity index (χ0v) is 19.5. The number of pyridine rings is 1. The molecule has 4 rings (SSSR count). The summed E-state index contributed by atoms with van der Waals surface area (Å²) < 4.78 is 12.4. The number of methoxy groups -OCH3 is 2. The lowest BCUT2D eigenvalue weighted by Crippen LogP contribution is -2.42. The van der Waals surface area contributed by atoms with Crippen LogP contribution in [0.1, 0.15) is 40.0 Å². The number of benzene rings is 1. The number of anilines is 2. The smallest absolute Gasteiger partial charge is 0.258 e. The molecule has 3 aromatic rings. The molecule has 1 aliphatic heterocycles. The summed E-state index contributed by atoms with van der Waals surface area (Å²) in [6.45, 7) is 2.33. The highest BCUT2D eigenvalue weighted by atomic mass is 16.5. The molecule has 1 fully saturated rings. The molecule has 34 heavy (non-hydrogen) atoms. The highest BCUT2D eigenvalue weighted by molar-refractivity contribution is 6.04. The lowest BCUT2D eigenvalue weighted by Gasteiger charge is -2.31. The molecule has 10 nitrogen and oxygen atoms in total. The number of nitrogens with one attached hydrogen (secondary N) is 1. The maximum atomic E-state index is 13.1. The fourth-order valence-corrected chi connectivity index (χ4v) is 4.15. The first kappa shape index (κ1) is 23.7. The lowest BCUT2D eigenvalue weighted by atomic mass is 10.1. The van der Waals surface area contributed by atoms with Crippen molar-refractivity contribution in [3.05, 3.63) is 47.7 Å². The third-order valence-corrected chi connectivity index (χ3v) is 5.93. The van der Waals surface area contributed by atoms with E-state index in [0.717, 1.165) is 12.8 Å². The van der Waals surface area contributed by atoms with E-state index in [0.29, 0.717) is 66.6 Å². The van der Waals surface area contributed by atoms with Crippen molar-refractivity contribution in [2.24, 2.45) is 0 Å². The van der Waals surface area contributed by atoms with Gasteiger partial charge in [0.25, 0.3) is 11.8 Å². The topological polar surface area (TPSA) is 125 Å². The van der Waals surface area contributed by atoms with E-state index in [-0.39, 0.29) is 17.9 Å². The summed E-state index contributed by atoms with van der Waals surface area (Å²) in [6.07, 6.45) is 4.16. The maximum absolute atomic E-state index is 13.1. The summed E-state index contributed by atoms with van der Waals surface area (Å²) in [5.74, 6) is -0.0747. The van der Waals surface area contributed by atoms with Gasteiger partial charge in [-0.15, -0.1) is 0 Å². The molecule has 2 amide bonds. The van der Waals surface area contributed by atoms with Crippen LogP contribution in [0.2, 0.25) is 0 Å². The number of nitrogens with two attached hydrogens (primary N) is 1. The molecule has 10 heteroatoms. The van der Waals surface area contributed by atoms with Gasteiger partial charge in [-0.2, -0.15) is 0 Å². The first-order valence-corrected chi connectivity index (χ1v) is 11.3. The Bertz CT molecular complexity index is 1180. The van der Waals surface area contributed by atoms with Gasteiger partial charge < -0.3 is 20.1 Å². The summed E-state index contributed by atoms with van der Waals surface area (Å²) in [5, 5.41) is 2.86. The number of aromatic nitrogens is 3. The molecule has 1 atom stereocenters. The van der Waals surface area contributed by atoms with Gasteiger partial charge in [0.15, 0.2) is 5.65 Å². The molecule has 0 bridgehead atoms. The molecule has 0 aliphatic carbocycles. The predicted octanol–water partition coefficient (Wildman–Crippen LogP) is 2.55. The van der Waals surface area contributed by atoms with E-state index in [1.165, 1.54) is 0 Å². The Morgan fingerprint density at radius 2 is 2.09 bits per heavy atom. The zero-order valence-electron chi connectivity index (χ0n) is 19.5. The summed E-state index contributed by atoms with van der Waals surface area (Å²) in [6, 6.07) is 8.46. The largest absolute Gasteiger partial charge is 0.399 e. The maximum Gasteiger partial charge on any atom is 0.258 e. The summed E-state index contributed by atoms with van der Waals surface area (Å²) in [7, 11) is 3.31. The average molecular weight is 467 g/mol. The van der Waals surface area contributed by atoms with Crippen molar-refractivity contribution >= 4 is 34.6 Å². The number of rotatable bonds is 8. The van der Waals surface area contributed by atoms with Crippen LogP contribution in [0.5, 0.6) is 0 Å². The molecule has 180 valence electrons. The van der Waals surface area contributed by atoms with E-state index in [1.807, 2.05) is 4.57 Å². The molecule has 1 saturated heterocycles. The number of carbonyl (C=O) groups is 2. The molecular weight excluding hydrogens is 436 g/mol. The van der Waals surface area contributed by atoms with Gasteiger partial charge in [-0.05, 0) is 43.5 Å². The number of piperidine rings is 1. The van der Waals surface area contributed by atoms with Crippen LogP contribution in [-0.2, 0) is 16.0 Å². The van der Waals surface area contributed by atoms with Gasteiger partial charge in [-0.25, -0.2) is 9.97 Å². The molecule has 0 spiro atoms. The van der Waals surface area contributed by atoms with Crippen LogP contribution in [0.3, 0.4) is 0 Å². The molecule has 3 N–H and O–H groups in total. The van der Waals surface area contributed by atoms with Gasteiger partial charge >= 0.3 is 0 Å². The Labute approximate surface area is 198 Å². The minimum Gasteiger partial charge on any atom is -0.399 e. The van der Waals surface area contributed by atoms with E-state index in [2.05, 4.69) is 15.3 Å². The van der Waals surface area contributed by atoms with Crippen LogP contribution >= 0.6 is 0 Å². The third kappa shape index (κ3) is 5.18. The number of ether oxygens (including phenoxy) is 2. The van der Waals surface area contributed by atoms with Crippen molar-refractivity contribution in [1.82, 2.24) is 19.4 Å². The number of nitrogen functional groups attached to an aromatic ring is 1. The normalized spacial score (nSPS) is 16.1. The number of amides is 2.